The van der Waals surface area contributed by atoms with E-state index in [-0.39, 0.29) is 0 Å². The van der Waals surface area contributed by atoms with Crippen LogP contribution in [0.4, 0.5) is 0 Å². The van der Waals surface area contributed by atoms with Gasteiger partial charge in [-0.1, -0.05) is 0 Å². The monoisotopic (exact) mass is 998 g/mol. The molecular weight excluding hydrogens is 941 g/mol. The summed E-state index contributed by atoms with van der Waals surface area (Å²) in [6.45, 7) is 12.3. The Morgan fingerprint density at radius 2 is 0.672 bits per heavy atom. The Labute approximate surface area is 394 Å². The van der Waals surface area contributed by atoms with Crippen LogP contribution >= 0.6 is 23.5 Å². The molecule has 3 fully saturated rings. The molecule has 3 saturated heterocycles. The van der Waals surface area contributed by atoms with Crippen LogP contribution in [0.2, 0.25) is 0 Å². The van der Waals surface area contributed by atoms with Gasteiger partial charge in [0, 0.05) is 69.2 Å². The van der Waals surface area contributed by atoms with Crippen molar-refractivity contribution in [3.05, 3.63) is 0 Å². The van der Waals surface area contributed by atoms with E-state index < -0.39 is 174 Å². The summed E-state index contributed by atoms with van der Waals surface area (Å²) in [4.78, 5) is 126. The summed E-state index contributed by atoms with van der Waals surface area (Å²) in [6, 6.07) is 0. The molecule has 0 saturated carbocycles. The van der Waals surface area contributed by atoms with Crippen molar-refractivity contribution in [2.24, 2.45) is 0 Å². The van der Waals surface area contributed by atoms with E-state index in [0.29, 0.717) is 0 Å². The molecule has 0 N–H and O–H groups in total. The van der Waals surface area contributed by atoms with Crippen LogP contribution in [0.15, 0.2) is 0 Å². The van der Waals surface area contributed by atoms with E-state index in [1.54, 1.807) is 13.8 Å². The van der Waals surface area contributed by atoms with Crippen molar-refractivity contribution < 1.29 is 114 Å². The summed E-state index contributed by atoms with van der Waals surface area (Å²) in [5.41, 5.74) is -3.03. The zero-order chi connectivity index (χ0) is 50.4. The van der Waals surface area contributed by atoms with Gasteiger partial charge in [-0.3, -0.25) is 47.9 Å². The number of carbonyl (C=O) groups excluding carboxylic acids is 10. The van der Waals surface area contributed by atoms with E-state index in [4.69, 9.17) is 66.3 Å². The highest BCUT2D eigenvalue weighted by atomic mass is 32.2. The van der Waals surface area contributed by atoms with Gasteiger partial charge in [0.1, 0.15) is 49.0 Å². The first-order chi connectivity index (χ1) is 31.3. The lowest BCUT2D eigenvalue weighted by Crippen LogP contribution is -2.65. The van der Waals surface area contributed by atoms with Crippen molar-refractivity contribution in [1.29, 1.82) is 0 Å². The molecule has 0 radical (unpaired) electrons. The van der Waals surface area contributed by atoms with Crippen molar-refractivity contribution in [2.75, 3.05) is 19.8 Å². The van der Waals surface area contributed by atoms with Gasteiger partial charge in [-0.25, -0.2) is 0 Å². The van der Waals surface area contributed by atoms with Gasteiger partial charge in [0.2, 0.25) is 0 Å². The third-order valence-electron chi connectivity index (χ3n) is 9.23. The van der Waals surface area contributed by atoms with Crippen LogP contribution in [0.25, 0.3) is 0 Å². The van der Waals surface area contributed by atoms with Gasteiger partial charge in [0.25, 0.3) is 0 Å². The molecule has 0 unspecified atom stereocenters. The standard InChI is InChI=1S/C41H58O24S2/c1-16(2)55-39-36(62-26(12)51)38(67-41-35(61-25(11)50)33(59-23(9)48)31(57-21(7)46)28(65-41)14-53-18(4)43)37(29(63-39)15-54-19(5)44)66-40-34(60-24(10)49)32(58-22(8)47)30(56-20(6)45)27(64-40)13-52-17(3)42/h16,27-41H,13-15H2,1-12H3/t27-,28-,29-,30-,31-,32+,33+,34-,35-,36-,37-,38-,39+,40+,41+/m1/s1. The maximum Gasteiger partial charge on any atom is 0.303 e. The van der Waals surface area contributed by atoms with E-state index in [0.717, 1.165) is 92.8 Å². The molecule has 26 heteroatoms. The minimum atomic E-state index is -1.64. The van der Waals surface area contributed by atoms with Crippen molar-refractivity contribution in [3.8, 4) is 0 Å². The Morgan fingerprint density at radius 1 is 0.373 bits per heavy atom. The number of hydrogen-bond donors (Lipinski definition) is 0. The Balaban J connectivity index is 2.41. The van der Waals surface area contributed by atoms with Crippen molar-refractivity contribution in [3.63, 3.8) is 0 Å². The van der Waals surface area contributed by atoms with Crippen LogP contribution in [-0.4, -0.2) is 174 Å². The topological polar surface area (TPSA) is 300 Å². The highest BCUT2D eigenvalue weighted by molar-refractivity contribution is 8.04. The third-order valence-corrected chi connectivity index (χ3v) is 12.5. The Hall–Kier alpha value is -4.76. The van der Waals surface area contributed by atoms with Gasteiger partial charge in [-0.05, 0) is 13.8 Å². The van der Waals surface area contributed by atoms with Gasteiger partial charge in [0.05, 0.1) is 16.6 Å². The smallest absolute Gasteiger partial charge is 0.303 e. The predicted molar refractivity (Wildman–Crippen MR) is 224 cm³/mol. The van der Waals surface area contributed by atoms with Crippen molar-refractivity contribution in [2.45, 2.75) is 178 Å². The van der Waals surface area contributed by atoms with Crippen LogP contribution in [0, 0.1) is 0 Å². The Bertz CT molecular complexity index is 1810. The van der Waals surface area contributed by atoms with E-state index >= 15 is 0 Å². The molecule has 0 spiro atoms. The van der Waals surface area contributed by atoms with Crippen molar-refractivity contribution >= 4 is 83.2 Å². The predicted octanol–water partition coefficient (Wildman–Crippen LogP) is 1.00. The van der Waals surface area contributed by atoms with Crippen LogP contribution in [0.1, 0.15) is 83.1 Å². The zero-order valence-corrected chi connectivity index (χ0v) is 40.6. The molecule has 0 bridgehead atoms. The lowest BCUT2D eigenvalue weighted by atomic mass is 9.99. The van der Waals surface area contributed by atoms with E-state index in [9.17, 15) is 47.9 Å². The number of carbonyl (C=O) groups is 10. The van der Waals surface area contributed by atoms with E-state index in [2.05, 4.69) is 0 Å². The van der Waals surface area contributed by atoms with Crippen LogP contribution in [0.3, 0.4) is 0 Å². The number of hydrogen-bond acceptors (Lipinski definition) is 26. The molecule has 24 nitrogen and oxygen atoms in total. The Morgan fingerprint density at radius 3 is 1.00 bits per heavy atom. The molecule has 67 heavy (non-hydrogen) atoms. The molecule has 0 aromatic rings. The zero-order valence-electron chi connectivity index (χ0n) is 39.0. The fraction of sp³-hybridized carbons (Fsp3) is 0.756. The highest BCUT2D eigenvalue weighted by Gasteiger charge is 2.59. The minimum absolute atomic E-state index is 0.529. The third kappa shape index (κ3) is 17.7. The molecule has 3 rings (SSSR count). The Kier molecular flexibility index (Phi) is 22.1. The second-order valence-electron chi connectivity index (χ2n) is 15.4. The molecule has 15 atom stereocenters. The van der Waals surface area contributed by atoms with E-state index in [1.165, 1.54) is 0 Å². The first kappa shape index (κ1) is 56.6. The number of rotatable bonds is 19. The van der Waals surface area contributed by atoms with Crippen LogP contribution in [0.5, 0.6) is 0 Å². The second-order valence-corrected chi connectivity index (χ2v) is 18.0. The fourth-order valence-corrected chi connectivity index (χ4v) is 10.6. The molecule has 3 heterocycles. The summed E-state index contributed by atoms with van der Waals surface area (Å²) in [5, 5.41) is -2.52. The van der Waals surface area contributed by atoms with Gasteiger partial charge >= 0.3 is 59.7 Å². The molecule has 3 aliphatic heterocycles. The maximum absolute atomic E-state index is 13.0. The van der Waals surface area contributed by atoms with E-state index in [1.807, 2.05) is 0 Å². The van der Waals surface area contributed by atoms with Crippen LogP contribution in [-0.2, 0) is 114 Å². The largest absolute Gasteiger partial charge is 0.463 e. The quantitative estimate of drug-likeness (QED) is 0.129. The van der Waals surface area contributed by atoms with Crippen molar-refractivity contribution in [1.82, 2.24) is 0 Å². The summed E-state index contributed by atoms with van der Waals surface area (Å²) in [7, 11) is 0. The minimum Gasteiger partial charge on any atom is -0.463 e. The molecular formula is C41H58O24S2. The average molecular weight is 999 g/mol. The number of thioether (sulfide) groups is 2. The van der Waals surface area contributed by atoms with Crippen LogP contribution < -0.4 is 0 Å². The normalized spacial score (nSPS) is 31.4. The molecule has 0 aromatic heterocycles. The van der Waals surface area contributed by atoms with Gasteiger partial charge < -0.3 is 66.3 Å². The summed E-state index contributed by atoms with van der Waals surface area (Å²) < 4.78 is 81.2. The van der Waals surface area contributed by atoms with Gasteiger partial charge in [-0.2, -0.15) is 0 Å². The average Bonchev–Trinajstić information content (AvgIpc) is 3.17. The van der Waals surface area contributed by atoms with Gasteiger partial charge in [-0.15, -0.1) is 23.5 Å². The summed E-state index contributed by atoms with van der Waals surface area (Å²) >= 11 is 1.59. The SMILES string of the molecule is CC(=O)OC[C@H]1O[C@@H](S[C@@H]2[C@@H](OC(C)=O)[C@@H](OC(C)C)O[C@H](COC(C)=O)[C@H]2S[C@@H]2O[C@H](COC(C)=O)[C@@H](OC(C)=O)[C@H](OC(C)=O)[C@H]2OC(C)=O)[C@H](OC(C)=O)[C@@H](OC(C)=O)[C@@H]1OC(C)=O. The first-order valence-corrected chi connectivity index (χ1v) is 22.7. The molecule has 0 aliphatic carbocycles. The maximum atomic E-state index is 13.0. The molecule has 0 aromatic carbocycles. The first-order valence-electron chi connectivity index (χ1n) is 20.8. The fourth-order valence-electron chi connectivity index (χ4n) is 7.13. The highest BCUT2D eigenvalue weighted by Crippen LogP contribution is 2.48. The number of ether oxygens (including phenoxy) is 14. The lowest BCUT2D eigenvalue weighted by Gasteiger charge is -2.50. The second kappa shape index (κ2) is 26.1. The molecule has 378 valence electrons. The lowest BCUT2D eigenvalue weighted by molar-refractivity contribution is -0.260. The number of esters is 10. The summed E-state index contributed by atoms with van der Waals surface area (Å²) in [5.74, 6) is -8.58. The summed E-state index contributed by atoms with van der Waals surface area (Å²) in [6.07, 6.45) is -17.3. The van der Waals surface area contributed by atoms with Gasteiger partial charge in [0.15, 0.2) is 49.0 Å². The molecule has 0 amide bonds. The molecule has 3 aliphatic rings.